The minimum atomic E-state index is 0.0991. The molecule has 0 aliphatic carbocycles. The summed E-state index contributed by atoms with van der Waals surface area (Å²) in [5.41, 5.74) is 4.15. The Labute approximate surface area is 190 Å². The van der Waals surface area contributed by atoms with Crippen LogP contribution in [0.4, 0.5) is 17.6 Å². The number of aliphatic hydroxyl groups excluding tert-OH is 1. The van der Waals surface area contributed by atoms with Crippen LogP contribution in [0.1, 0.15) is 24.0 Å². The second-order valence-corrected chi connectivity index (χ2v) is 8.98. The largest absolute Gasteiger partial charge is 0.496 e. The molecule has 0 amide bonds. The van der Waals surface area contributed by atoms with Crippen molar-refractivity contribution in [2.24, 2.45) is 0 Å². The molecule has 166 valence electrons. The van der Waals surface area contributed by atoms with Crippen LogP contribution >= 0.6 is 11.3 Å². The highest BCUT2D eigenvalue weighted by Gasteiger charge is 2.27. The molecule has 1 saturated heterocycles. The van der Waals surface area contributed by atoms with Gasteiger partial charge in [0, 0.05) is 12.6 Å². The topological polar surface area (TPSA) is 88.3 Å². The van der Waals surface area contributed by atoms with Crippen molar-refractivity contribution < 1.29 is 9.84 Å². The quantitative estimate of drug-likeness (QED) is 0.455. The number of hydrogen-bond acceptors (Lipinski definition) is 8. The Morgan fingerprint density at radius 1 is 1.28 bits per heavy atom. The molecule has 1 fully saturated rings. The van der Waals surface area contributed by atoms with E-state index >= 15 is 0 Å². The van der Waals surface area contributed by atoms with E-state index in [1.165, 1.54) is 0 Å². The van der Waals surface area contributed by atoms with Crippen LogP contribution in [0.15, 0.2) is 36.1 Å². The highest BCUT2D eigenvalue weighted by atomic mass is 32.1. The summed E-state index contributed by atoms with van der Waals surface area (Å²) in [6.07, 6.45) is 5.70. The Bertz CT molecular complexity index is 1270. The molecule has 2 N–H and O–H groups in total. The number of fused-ring (bicyclic) bond motifs is 1. The number of thiophene rings is 1. The third-order valence-corrected chi connectivity index (χ3v) is 6.99. The lowest BCUT2D eigenvalue weighted by Crippen LogP contribution is -2.33. The zero-order valence-corrected chi connectivity index (χ0v) is 19.2. The van der Waals surface area contributed by atoms with E-state index in [9.17, 15) is 5.11 Å². The van der Waals surface area contributed by atoms with Crippen LogP contribution in [0.2, 0.25) is 0 Å². The van der Waals surface area contributed by atoms with Gasteiger partial charge in [-0.25, -0.2) is 9.97 Å². The number of benzene rings is 1. The third-order valence-electron chi connectivity index (χ3n) is 6.09. The zero-order valence-electron chi connectivity index (χ0n) is 18.4. The number of methoxy groups -OCH3 is 1. The van der Waals surface area contributed by atoms with E-state index in [0.717, 1.165) is 58.0 Å². The first kappa shape index (κ1) is 20.7. The van der Waals surface area contributed by atoms with Crippen LogP contribution in [-0.4, -0.2) is 50.9 Å². The molecule has 1 atom stereocenters. The molecule has 1 aromatic carbocycles. The molecule has 1 aliphatic rings. The molecule has 4 aromatic rings. The fourth-order valence-corrected chi connectivity index (χ4v) is 5.05. The predicted octanol–water partition coefficient (Wildman–Crippen LogP) is 4.21. The number of ether oxygens (including phenoxy) is 1. The summed E-state index contributed by atoms with van der Waals surface area (Å²) in [6.45, 7) is 5.14. The van der Waals surface area contributed by atoms with Crippen molar-refractivity contribution in [2.45, 2.75) is 32.7 Å². The molecule has 9 heteroatoms. The second kappa shape index (κ2) is 8.40. The maximum absolute atomic E-state index is 9.79. The molecule has 4 heterocycles. The van der Waals surface area contributed by atoms with E-state index < -0.39 is 0 Å². The van der Waals surface area contributed by atoms with Gasteiger partial charge in [-0.15, -0.1) is 11.3 Å². The van der Waals surface area contributed by atoms with E-state index in [1.54, 1.807) is 24.8 Å². The molecule has 0 saturated carbocycles. The zero-order chi connectivity index (χ0) is 22.2. The van der Waals surface area contributed by atoms with Crippen molar-refractivity contribution in [3.63, 3.8) is 0 Å². The highest BCUT2D eigenvalue weighted by molar-refractivity contribution is 7.17. The van der Waals surface area contributed by atoms with E-state index in [-0.39, 0.29) is 12.6 Å². The summed E-state index contributed by atoms with van der Waals surface area (Å²) in [6, 6.07) is 6.21. The molecule has 1 aliphatic heterocycles. The van der Waals surface area contributed by atoms with E-state index in [1.807, 2.05) is 28.3 Å². The van der Waals surface area contributed by atoms with Gasteiger partial charge in [-0.2, -0.15) is 4.98 Å². The summed E-state index contributed by atoms with van der Waals surface area (Å²) in [5.74, 6) is 2.88. The van der Waals surface area contributed by atoms with Crippen LogP contribution in [0.3, 0.4) is 0 Å². The van der Waals surface area contributed by atoms with Gasteiger partial charge in [0.2, 0.25) is 5.95 Å². The van der Waals surface area contributed by atoms with E-state index in [0.29, 0.717) is 11.8 Å². The fourth-order valence-electron chi connectivity index (χ4n) is 4.22. The molecule has 5 rings (SSSR count). The molecule has 0 spiro atoms. The van der Waals surface area contributed by atoms with Crippen LogP contribution < -0.4 is 15.0 Å². The number of aryl methyl sites for hydroxylation is 1. The van der Waals surface area contributed by atoms with Crippen LogP contribution in [0.5, 0.6) is 5.75 Å². The third kappa shape index (κ3) is 3.67. The summed E-state index contributed by atoms with van der Waals surface area (Å²) in [7, 11) is 1.68. The van der Waals surface area contributed by atoms with Gasteiger partial charge in [-0.05, 0) is 55.3 Å². The van der Waals surface area contributed by atoms with Crippen LogP contribution in [0, 0.1) is 13.8 Å². The first-order valence-corrected chi connectivity index (χ1v) is 11.5. The van der Waals surface area contributed by atoms with Gasteiger partial charge in [-0.1, -0.05) is 0 Å². The number of rotatable bonds is 6. The van der Waals surface area contributed by atoms with E-state index in [4.69, 9.17) is 9.72 Å². The lowest BCUT2D eigenvalue weighted by molar-refractivity contribution is 0.266. The van der Waals surface area contributed by atoms with Crippen molar-refractivity contribution >= 4 is 39.1 Å². The van der Waals surface area contributed by atoms with Crippen molar-refractivity contribution in [3.05, 3.63) is 47.2 Å². The maximum Gasteiger partial charge on any atom is 0.231 e. The lowest BCUT2D eigenvalue weighted by atomic mass is 10.1. The number of anilines is 3. The fraction of sp³-hybridized carbons (Fsp3) is 0.348. The predicted molar refractivity (Wildman–Crippen MR) is 128 cm³/mol. The van der Waals surface area contributed by atoms with E-state index in [2.05, 4.69) is 40.1 Å². The molecule has 0 radical (unpaired) electrons. The first-order chi connectivity index (χ1) is 15.6. The molecule has 32 heavy (non-hydrogen) atoms. The summed E-state index contributed by atoms with van der Waals surface area (Å²) >= 11 is 1.63. The van der Waals surface area contributed by atoms with Crippen molar-refractivity contribution in [1.82, 2.24) is 19.5 Å². The summed E-state index contributed by atoms with van der Waals surface area (Å²) in [4.78, 5) is 16.2. The number of hydrogen-bond donors (Lipinski definition) is 2. The smallest absolute Gasteiger partial charge is 0.231 e. The Morgan fingerprint density at radius 3 is 2.97 bits per heavy atom. The Kier molecular flexibility index (Phi) is 5.44. The van der Waals surface area contributed by atoms with Crippen molar-refractivity contribution in [1.29, 1.82) is 0 Å². The minimum Gasteiger partial charge on any atom is -0.496 e. The van der Waals surface area contributed by atoms with Crippen molar-refractivity contribution in [2.75, 3.05) is 30.5 Å². The van der Waals surface area contributed by atoms with Crippen molar-refractivity contribution in [3.8, 4) is 11.4 Å². The maximum atomic E-state index is 9.79. The summed E-state index contributed by atoms with van der Waals surface area (Å²) in [5, 5.41) is 15.1. The minimum absolute atomic E-state index is 0.0991. The second-order valence-electron chi connectivity index (χ2n) is 8.06. The number of imidazole rings is 1. The number of nitrogens with one attached hydrogen (secondary N) is 1. The van der Waals surface area contributed by atoms with Gasteiger partial charge >= 0.3 is 0 Å². The molecule has 8 nitrogen and oxygen atoms in total. The molecular formula is C23H26N6O2S. The molecule has 0 unspecified atom stereocenters. The number of aliphatic hydroxyl groups is 1. The lowest BCUT2D eigenvalue weighted by Gasteiger charge is -2.24. The molecular weight excluding hydrogens is 424 g/mol. The monoisotopic (exact) mass is 450 g/mol. The Morgan fingerprint density at radius 2 is 2.16 bits per heavy atom. The Balaban J connectivity index is 1.46. The highest BCUT2D eigenvalue weighted by Crippen LogP contribution is 2.34. The SMILES string of the molecule is COc1cc(-n2cnc(Nc3nc(N4CCC[C@@H]4CO)c4sccc4n3)c2)cc(C)c1C. The van der Waals surface area contributed by atoms with Gasteiger partial charge in [0.15, 0.2) is 11.6 Å². The number of nitrogens with zero attached hydrogens (tertiary/aromatic N) is 5. The first-order valence-electron chi connectivity index (χ1n) is 10.7. The standard InChI is InChI=1S/C23H26N6O2S/c1-14-9-17(10-19(31-3)15(14)2)28-11-20(24-13-28)26-23-25-18-6-8-32-21(18)22(27-23)29-7-4-5-16(29)12-30/h6,8-11,13,16,30H,4-5,7,12H2,1-3H3,(H,25,26,27)/t16-/m1/s1. The molecule has 3 aromatic heterocycles. The van der Waals surface area contributed by atoms with Gasteiger partial charge in [0.1, 0.15) is 12.1 Å². The van der Waals surface area contributed by atoms with Gasteiger partial charge in [0.05, 0.1) is 41.9 Å². The average Bonchev–Trinajstić information content (AvgIpc) is 3.55. The Hall–Kier alpha value is -3.17. The van der Waals surface area contributed by atoms with Crippen LogP contribution in [0.25, 0.3) is 15.9 Å². The van der Waals surface area contributed by atoms with Gasteiger partial charge in [0.25, 0.3) is 0 Å². The normalized spacial score (nSPS) is 16.1. The van der Waals surface area contributed by atoms with Gasteiger partial charge in [-0.3, -0.25) is 0 Å². The van der Waals surface area contributed by atoms with Gasteiger partial charge < -0.3 is 24.6 Å². The molecule has 0 bridgehead atoms. The van der Waals surface area contributed by atoms with Crippen LogP contribution in [-0.2, 0) is 0 Å². The number of aromatic nitrogens is 4. The summed E-state index contributed by atoms with van der Waals surface area (Å²) < 4.78 is 8.51. The average molecular weight is 451 g/mol.